The number of carbonyl (C=O) groups excluding carboxylic acids is 1. The summed E-state index contributed by atoms with van der Waals surface area (Å²) in [5.74, 6) is 0.783. The molecule has 2 rings (SSSR count). The fraction of sp³-hybridized carbons (Fsp3) is 0.423. The standard InChI is InChI=1S/C26H35N3O2/c1-4-5-6-11-22(23-16-18-25(31-3)19-17-23)12-8-15-26(30)28-21(2)10-7-13-24-14-9-20-27-29-24/h8-9,12,14-21H,4-7,10-11,13H2,1-3H3,(H,28,30)/t21-/m1/s1. The number of unbranched alkanes of at least 4 members (excludes halogenated alkanes) is 2. The van der Waals surface area contributed by atoms with E-state index in [1.165, 1.54) is 24.0 Å². The molecule has 0 fully saturated rings. The van der Waals surface area contributed by atoms with Crippen LogP contribution in [0.2, 0.25) is 0 Å². The summed E-state index contributed by atoms with van der Waals surface area (Å²) >= 11 is 0. The molecule has 2 aromatic rings. The van der Waals surface area contributed by atoms with Crippen LogP contribution in [0.4, 0.5) is 0 Å². The zero-order chi connectivity index (χ0) is 22.3. The van der Waals surface area contributed by atoms with Crippen LogP contribution in [0.25, 0.3) is 5.57 Å². The van der Waals surface area contributed by atoms with E-state index < -0.39 is 0 Å². The molecule has 0 spiro atoms. The average Bonchev–Trinajstić information content (AvgIpc) is 2.79. The van der Waals surface area contributed by atoms with Crippen LogP contribution in [0.15, 0.2) is 60.8 Å². The minimum Gasteiger partial charge on any atom is -0.497 e. The molecule has 1 atom stereocenters. The molecule has 1 amide bonds. The lowest BCUT2D eigenvalue weighted by atomic mass is 9.99. The van der Waals surface area contributed by atoms with E-state index in [2.05, 4.69) is 40.6 Å². The summed E-state index contributed by atoms with van der Waals surface area (Å²) < 4.78 is 5.26. The number of nitrogens with zero attached hydrogens (tertiary/aromatic N) is 2. The van der Waals surface area contributed by atoms with Gasteiger partial charge in [-0.3, -0.25) is 4.79 Å². The summed E-state index contributed by atoms with van der Waals surface area (Å²) in [6.45, 7) is 4.24. The number of nitrogens with one attached hydrogen (secondary N) is 1. The van der Waals surface area contributed by atoms with Gasteiger partial charge >= 0.3 is 0 Å². The first-order valence-corrected chi connectivity index (χ1v) is 11.2. The molecular weight excluding hydrogens is 386 g/mol. The van der Waals surface area contributed by atoms with Crippen molar-refractivity contribution in [1.82, 2.24) is 15.5 Å². The number of amides is 1. The number of carbonyl (C=O) groups is 1. The van der Waals surface area contributed by atoms with E-state index in [-0.39, 0.29) is 11.9 Å². The molecule has 5 heteroatoms. The fourth-order valence-electron chi connectivity index (χ4n) is 3.37. The van der Waals surface area contributed by atoms with Gasteiger partial charge < -0.3 is 10.1 Å². The predicted molar refractivity (Wildman–Crippen MR) is 127 cm³/mol. The summed E-state index contributed by atoms with van der Waals surface area (Å²) in [6.07, 6.45) is 14.4. The highest BCUT2D eigenvalue weighted by Gasteiger charge is 2.06. The van der Waals surface area contributed by atoms with Gasteiger partial charge in [0.2, 0.25) is 5.91 Å². The Hall–Kier alpha value is -2.95. The van der Waals surface area contributed by atoms with Gasteiger partial charge in [0.15, 0.2) is 0 Å². The van der Waals surface area contributed by atoms with E-state index in [0.29, 0.717) is 0 Å². The quantitative estimate of drug-likeness (QED) is 0.262. The van der Waals surface area contributed by atoms with Crippen LogP contribution in [0.5, 0.6) is 5.75 Å². The number of aryl methyl sites for hydroxylation is 1. The Balaban J connectivity index is 1.86. The van der Waals surface area contributed by atoms with E-state index in [4.69, 9.17) is 4.74 Å². The third-order valence-corrected chi connectivity index (χ3v) is 5.14. The number of allylic oxidation sites excluding steroid dienone is 3. The highest BCUT2D eigenvalue weighted by Crippen LogP contribution is 2.23. The number of rotatable bonds is 13. The van der Waals surface area contributed by atoms with Gasteiger partial charge in [-0.15, -0.1) is 0 Å². The smallest absolute Gasteiger partial charge is 0.244 e. The zero-order valence-corrected chi connectivity index (χ0v) is 19.0. The Morgan fingerprint density at radius 3 is 2.65 bits per heavy atom. The maximum Gasteiger partial charge on any atom is 0.244 e. The summed E-state index contributed by atoms with van der Waals surface area (Å²) in [5, 5.41) is 11.0. The third kappa shape index (κ3) is 9.60. The van der Waals surface area contributed by atoms with Crippen molar-refractivity contribution in [2.75, 3.05) is 7.11 Å². The van der Waals surface area contributed by atoms with E-state index in [9.17, 15) is 4.79 Å². The van der Waals surface area contributed by atoms with E-state index >= 15 is 0 Å². The predicted octanol–water partition coefficient (Wildman–Crippen LogP) is 5.53. The van der Waals surface area contributed by atoms with Crippen LogP contribution in [-0.2, 0) is 11.2 Å². The molecule has 5 nitrogen and oxygen atoms in total. The molecule has 0 aliphatic carbocycles. The Morgan fingerprint density at radius 1 is 1.16 bits per heavy atom. The van der Waals surface area contributed by atoms with Crippen molar-refractivity contribution in [2.45, 2.75) is 64.8 Å². The van der Waals surface area contributed by atoms with E-state index in [0.717, 1.165) is 43.5 Å². The van der Waals surface area contributed by atoms with Crippen molar-refractivity contribution >= 4 is 11.5 Å². The van der Waals surface area contributed by atoms with Crippen molar-refractivity contribution in [2.24, 2.45) is 0 Å². The zero-order valence-electron chi connectivity index (χ0n) is 19.0. The van der Waals surface area contributed by atoms with Gasteiger partial charge in [-0.05, 0) is 74.4 Å². The second-order valence-corrected chi connectivity index (χ2v) is 7.75. The molecule has 0 radical (unpaired) electrons. The van der Waals surface area contributed by atoms with Crippen LogP contribution in [0.3, 0.4) is 0 Å². The van der Waals surface area contributed by atoms with E-state index in [1.54, 1.807) is 19.4 Å². The molecule has 1 aromatic carbocycles. The molecular formula is C26H35N3O2. The van der Waals surface area contributed by atoms with Gasteiger partial charge in [-0.2, -0.15) is 10.2 Å². The van der Waals surface area contributed by atoms with Crippen molar-refractivity contribution < 1.29 is 9.53 Å². The highest BCUT2D eigenvalue weighted by atomic mass is 16.5. The van der Waals surface area contributed by atoms with Crippen LogP contribution in [0, 0.1) is 0 Å². The lowest BCUT2D eigenvalue weighted by Crippen LogP contribution is -2.31. The van der Waals surface area contributed by atoms with Crippen LogP contribution >= 0.6 is 0 Å². The van der Waals surface area contributed by atoms with Gasteiger partial charge in [0.05, 0.1) is 12.8 Å². The first-order valence-electron chi connectivity index (χ1n) is 11.2. The average molecular weight is 422 g/mol. The molecule has 1 heterocycles. The van der Waals surface area contributed by atoms with Crippen molar-refractivity contribution in [3.8, 4) is 5.75 Å². The summed E-state index contributed by atoms with van der Waals surface area (Å²) in [6, 6.07) is 12.1. The maximum atomic E-state index is 12.3. The molecule has 0 aliphatic rings. The molecule has 1 aromatic heterocycles. The topological polar surface area (TPSA) is 64.1 Å². The molecule has 0 saturated heterocycles. The maximum absolute atomic E-state index is 12.3. The van der Waals surface area contributed by atoms with Gasteiger partial charge in [-0.25, -0.2) is 0 Å². The lowest BCUT2D eigenvalue weighted by Gasteiger charge is -2.12. The first-order chi connectivity index (χ1) is 15.1. The summed E-state index contributed by atoms with van der Waals surface area (Å²) in [5.41, 5.74) is 3.39. The monoisotopic (exact) mass is 421 g/mol. The summed E-state index contributed by atoms with van der Waals surface area (Å²) in [4.78, 5) is 12.3. The van der Waals surface area contributed by atoms with Crippen molar-refractivity contribution in [1.29, 1.82) is 0 Å². The Kier molecular flexibility index (Phi) is 11.1. The Morgan fingerprint density at radius 2 is 1.97 bits per heavy atom. The number of methoxy groups -OCH3 is 1. The normalized spacial score (nSPS) is 12.7. The molecule has 0 aliphatic heterocycles. The van der Waals surface area contributed by atoms with Gasteiger partial charge in [0.1, 0.15) is 5.75 Å². The molecule has 166 valence electrons. The fourth-order valence-corrected chi connectivity index (χ4v) is 3.37. The third-order valence-electron chi connectivity index (χ3n) is 5.14. The SMILES string of the molecule is CCCCCC(=CC=CC(=O)N[C@H](C)CCCc1cccnn1)c1ccc(OC)cc1. The molecule has 0 bridgehead atoms. The molecule has 31 heavy (non-hydrogen) atoms. The first kappa shape index (κ1) is 24.3. The molecule has 0 unspecified atom stereocenters. The van der Waals surface area contributed by atoms with Gasteiger partial charge in [0.25, 0.3) is 0 Å². The Bertz CT molecular complexity index is 829. The van der Waals surface area contributed by atoms with Crippen LogP contribution in [0.1, 0.15) is 63.6 Å². The number of hydrogen-bond acceptors (Lipinski definition) is 4. The molecule has 1 N–H and O–H groups in total. The number of hydrogen-bond donors (Lipinski definition) is 1. The number of aromatic nitrogens is 2. The van der Waals surface area contributed by atoms with Crippen LogP contribution in [-0.4, -0.2) is 29.3 Å². The second kappa shape index (κ2) is 14.1. The summed E-state index contributed by atoms with van der Waals surface area (Å²) in [7, 11) is 1.67. The highest BCUT2D eigenvalue weighted by molar-refractivity contribution is 5.88. The van der Waals surface area contributed by atoms with Crippen molar-refractivity contribution in [3.05, 3.63) is 72.1 Å². The van der Waals surface area contributed by atoms with Gasteiger partial charge in [0, 0.05) is 18.3 Å². The largest absolute Gasteiger partial charge is 0.497 e. The molecule has 0 saturated carbocycles. The van der Waals surface area contributed by atoms with Crippen LogP contribution < -0.4 is 10.1 Å². The van der Waals surface area contributed by atoms with E-state index in [1.807, 2.05) is 37.3 Å². The number of ether oxygens (including phenoxy) is 1. The Labute approximate surface area is 186 Å². The number of benzene rings is 1. The second-order valence-electron chi connectivity index (χ2n) is 7.75. The lowest BCUT2D eigenvalue weighted by molar-refractivity contribution is -0.117. The van der Waals surface area contributed by atoms with Gasteiger partial charge in [-0.1, -0.05) is 44.1 Å². The minimum atomic E-state index is -0.0640. The minimum absolute atomic E-state index is 0.0640. The van der Waals surface area contributed by atoms with Crippen molar-refractivity contribution in [3.63, 3.8) is 0 Å².